The van der Waals surface area contributed by atoms with Crippen LogP contribution in [0.3, 0.4) is 0 Å². The number of nitrogens with one attached hydrogen (secondary N) is 2. The lowest BCUT2D eigenvalue weighted by molar-refractivity contribution is 0.254. The summed E-state index contributed by atoms with van der Waals surface area (Å²) in [5, 5.41) is 6.96. The normalized spacial score (nSPS) is 16.8. The summed E-state index contributed by atoms with van der Waals surface area (Å²) in [4.78, 5) is 17.9. The molecule has 1 aromatic heterocycles. The maximum absolute atomic E-state index is 4.36. The molecule has 1 aromatic rings. The molecule has 2 N–H and O–H groups in total. The Morgan fingerprint density at radius 3 is 2.50 bits per heavy atom. The van der Waals surface area contributed by atoms with E-state index < -0.39 is 0 Å². The first-order valence-electron chi connectivity index (χ1n) is 11.0. The highest BCUT2D eigenvalue weighted by atomic mass is 15.3. The van der Waals surface area contributed by atoms with Gasteiger partial charge in [0.1, 0.15) is 0 Å². The third-order valence-corrected chi connectivity index (χ3v) is 5.48. The van der Waals surface area contributed by atoms with Crippen molar-refractivity contribution in [3.63, 3.8) is 0 Å². The molecule has 2 rings (SSSR count). The Morgan fingerprint density at radius 1 is 1.11 bits per heavy atom. The first-order chi connectivity index (χ1) is 13.8. The van der Waals surface area contributed by atoms with E-state index >= 15 is 0 Å². The largest absolute Gasteiger partial charge is 0.356 e. The molecule has 2 heterocycles. The van der Waals surface area contributed by atoms with Crippen molar-refractivity contribution in [2.45, 2.75) is 46.0 Å². The van der Waals surface area contributed by atoms with Gasteiger partial charge in [0.05, 0.1) is 0 Å². The van der Waals surface area contributed by atoms with Crippen LogP contribution in [-0.4, -0.2) is 73.7 Å². The number of guanidine groups is 1. The number of aromatic nitrogens is 2. The fourth-order valence-corrected chi connectivity index (χ4v) is 3.54. The number of hydrogen-bond acceptors (Lipinski definition) is 5. The lowest BCUT2D eigenvalue weighted by Gasteiger charge is -2.34. The quantitative estimate of drug-likeness (QED) is 0.344. The van der Waals surface area contributed by atoms with Crippen molar-refractivity contribution in [3.8, 4) is 0 Å². The van der Waals surface area contributed by atoms with E-state index in [0.29, 0.717) is 0 Å². The van der Waals surface area contributed by atoms with E-state index in [0.717, 1.165) is 70.1 Å². The smallest absolute Gasteiger partial charge is 0.225 e. The molecule has 0 aliphatic carbocycles. The van der Waals surface area contributed by atoms with E-state index in [1.54, 1.807) is 0 Å². The van der Waals surface area contributed by atoms with Crippen LogP contribution < -0.4 is 15.5 Å². The fourth-order valence-electron chi connectivity index (χ4n) is 3.54. The number of nitrogens with zero attached hydrogens (tertiary/aromatic N) is 5. The molecule has 1 fully saturated rings. The third-order valence-electron chi connectivity index (χ3n) is 5.48. The van der Waals surface area contributed by atoms with Crippen LogP contribution in [-0.2, 0) is 0 Å². The number of piperazine rings is 1. The Hall–Kier alpha value is -1.89. The summed E-state index contributed by atoms with van der Waals surface area (Å²) in [6, 6.07) is 1.86. The van der Waals surface area contributed by atoms with E-state index in [1.807, 2.05) is 25.5 Å². The zero-order valence-electron chi connectivity index (χ0n) is 18.0. The molecular weight excluding hydrogens is 350 g/mol. The molecular formula is C21H39N7. The van der Waals surface area contributed by atoms with E-state index in [1.165, 1.54) is 25.7 Å². The molecule has 0 bridgehead atoms. The monoisotopic (exact) mass is 389 g/mol. The standard InChI is InChI=1S/C21H39N7/c1-4-6-9-19(5-2)18-26-20(22-3)23-12-8-13-27-14-16-28(17-15-27)21-24-10-7-11-25-21/h7,10-11,19H,4-6,8-9,12-18H2,1-3H3,(H2,22,23,26). The second kappa shape index (κ2) is 13.3. The number of rotatable bonds is 11. The summed E-state index contributed by atoms with van der Waals surface area (Å²) < 4.78 is 0. The molecule has 0 amide bonds. The highest BCUT2D eigenvalue weighted by Gasteiger charge is 2.18. The van der Waals surface area contributed by atoms with Crippen molar-refractivity contribution < 1.29 is 0 Å². The maximum atomic E-state index is 4.36. The van der Waals surface area contributed by atoms with Gasteiger partial charge < -0.3 is 15.5 Å². The molecule has 1 unspecified atom stereocenters. The second-order valence-electron chi connectivity index (χ2n) is 7.53. The van der Waals surface area contributed by atoms with E-state index in [-0.39, 0.29) is 0 Å². The minimum Gasteiger partial charge on any atom is -0.356 e. The lowest BCUT2D eigenvalue weighted by atomic mass is 9.99. The van der Waals surface area contributed by atoms with Gasteiger partial charge >= 0.3 is 0 Å². The third kappa shape index (κ3) is 8.00. The van der Waals surface area contributed by atoms with E-state index in [4.69, 9.17) is 0 Å². The average Bonchev–Trinajstić information content (AvgIpc) is 2.76. The number of hydrogen-bond donors (Lipinski definition) is 2. The Balaban J connectivity index is 1.58. The van der Waals surface area contributed by atoms with Gasteiger partial charge in [0, 0.05) is 58.7 Å². The Labute approximate surface area is 171 Å². The first kappa shape index (κ1) is 22.4. The fraction of sp³-hybridized carbons (Fsp3) is 0.762. The number of aliphatic imine (C=N–C) groups is 1. The summed E-state index contributed by atoms with van der Waals surface area (Å²) >= 11 is 0. The van der Waals surface area contributed by atoms with Gasteiger partial charge in [0.2, 0.25) is 5.95 Å². The van der Waals surface area contributed by atoms with Gasteiger partial charge in [-0.05, 0) is 31.4 Å². The van der Waals surface area contributed by atoms with Crippen molar-refractivity contribution in [2.24, 2.45) is 10.9 Å². The molecule has 158 valence electrons. The van der Waals surface area contributed by atoms with Gasteiger partial charge in [0.15, 0.2) is 5.96 Å². The van der Waals surface area contributed by atoms with Gasteiger partial charge in [-0.1, -0.05) is 33.1 Å². The SMILES string of the molecule is CCCCC(CC)CNC(=NC)NCCCN1CCN(c2ncccn2)CC1. The molecule has 0 spiro atoms. The van der Waals surface area contributed by atoms with Crippen molar-refractivity contribution >= 4 is 11.9 Å². The van der Waals surface area contributed by atoms with Crippen LogP contribution >= 0.6 is 0 Å². The highest BCUT2D eigenvalue weighted by Crippen LogP contribution is 2.11. The van der Waals surface area contributed by atoms with Crippen LogP contribution in [0.2, 0.25) is 0 Å². The predicted octanol–water partition coefficient (Wildman–Crippen LogP) is 2.37. The molecule has 1 atom stereocenters. The van der Waals surface area contributed by atoms with Gasteiger partial charge in [0.25, 0.3) is 0 Å². The lowest BCUT2D eigenvalue weighted by Crippen LogP contribution is -2.47. The average molecular weight is 390 g/mol. The minimum absolute atomic E-state index is 0.739. The molecule has 7 nitrogen and oxygen atoms in total. The summed E-state index contributed by atoms with van der Waals surface area (Å²) in [5.74, 6) is 2.52. The van der Waals surface area contributed by atoms with Crippen LogP contribution in [0.25, 0.3) is 0 Å². The molecule has 1 aliphatic heterocycles. The minimum atomic E-state index is 0.739. The molecule has 7 heteroatoms. The first-order valence-corrected chi connectivity index (χ1v) is 11.0. The van der Waals surface area contributed by atoms with Crippen LogP contribution in [0.5, 0.6) is 0 Å². The van der Waals surface area contributed by atoms with Crippen molar-refractivity contribution in [3.05, 3.63) is 18.5 Å². The molecule has 1 saturated heterocycles. The van der Waals surface area contributed by atoms with E-state index in [2.05, 4.69) is 49.2 Å². The maximum Gasteiger partial charge on any atom is 0.225 e. The van der Waals surface area contributed by atoms with Crippen LogP contribution in [0, 0.1) is 5.92 Å². The van der Waals surface area contributed by atoms with Crippen LogP contribution in [0.4, 0.5) is 5.95 Å². The summed E-state index contributed by atoms with van der Waals surface area (Å²) in [7, 11) is 1.85. The Kier molecular flexibility index (Phi) is 10.7. The highest BCUT2D eigenvalue weighted by molar-refractivity contribution is 5.79. The van der Waals surface area contributed by atoms with Crippen molar-refractivity contribution in [1.82, 2.24) is 25.5 Å². The van der Waals surface area contributed by atoms with E-state index in [9.17, 15) is 0 Å². The summed E-state index contributed by atoms with van der Waals surface area (Å²) in [6.07, 6.45) is 9.87. The molecule has 1 aliphatic rings. The summed E-state index contributed by atoms with van der Waals surface area (Å²) in [5.41, 5.74) is 0. The molecule has 0 aromatic carbocycles. The predicted molar refractivity (Wildman–Crippen MR) is 118 cm³/mol. The van der Waals surface area contributed by atoms with Crippen LogP contribution in [0.1, 0.15) is 46.0 Å². The topological polar surface area (TPSA) is 68.7 Å². The number of anilines is 1. The zero-order chi connectivity index (χ0) is 20.0. The molecule has 0 radical (unpaired) electrons. The van der Waals surface area contributed by atoms with Gasteiger partial charge in [-0.2, -0.15) is 0 Å². The van der Waals surface area contributed by atoms with Gasteiger partial charge in [-0.25, -0.2) is 9.97 Å². The van der Waals surface area contributed by atoms with Crippen molar-refractivity contribution in [1.29, 1.82) is 0 Å². The van der Waals surface area contributed by atoms with Crippen molar-refractivity contribution in [2.75, 3.05) is 57.8 Å². The second-order valence-corrected chi connectivity index (χ2v) is 7.53. The van der Waals surface area contributed by atoms with Gasteiger partial charge in [-0.15, -0.1) is 0 Å². The Morgan fingerprint density at radius 2 is 1.86 bits per heavy atom. The van der Waals surface area contributed by atoms with Crippen LogP contribution in [0.15, 0.2) is 23.5 Å². The number of unbranched alkanes of at least 4 members (excludes halogenated alkanes) is 1. The van der Waals surface area contributed by atoms with Gasteiger partial charge in [-0.3, -0.25) is 9.89 Å². The summed E-state index contributed by atoms with van der Waals surface area (Å²) in [6.45, 7) is 11.8. The molecule has 28 heavy (non-hydrogen) atoms. The zero-order valence-corrected chi connectivity index (χ0v) is 18.0. The molecule has 0 saturated carbocycles. The Bertz CT molecular complexity index is 541.